The van der Waals surface area contributed by atoms with E-state index in [0.717, 1.165) is 16.9 Å². The summed E-state index contributed by atoms with van der Waals surface area (Å²) >= 11 is 3.49. The highest BCUT2D eigenvalue weighted by Gasteiger charge is 2.29. The molecular weight excluding hydrogens is 266 g/mol. The predicted molar refractivity (Wildman–Crippen MR) is 68.7 cm³/mol. The van der Waals surface area contributed by atoms with Gasteiger partial charge < -0.3 is 10.2 Å². The number of halogens is 1. The van der Waals surface area contributed by atoms with Crippen LogP contribution < -0.4 is 10.2 Å². The Morgan fingerprint density at radius 1 is 1.31 bits per heavy atom. The number of pyridine rings is 1. The summed E-state index contributed by atoms with van der Waals surface area (Å²) in [5.74, 6) is 0.803. The van der Waals surface area contributed by atoms with Crippen LogP contribution in [0.25, 0.3) is 0 Å². The maximum Gasteiger partial charge on any atom is 0.0564 e. The van der Waals surface area contributed by atoms with E-state index in [0.29, 0.717) is 6.04 Å². The first-order chi connectivity index (χ1) is 7.81. The van der Waals surface area contributed by atoms with Gasteiger partial charge in [-0.25, -0.2) is 0 Å². The Labute approximate surface area is 104 Å². The number of rotatable bonds is 1. The second-order valence-corrected chi connectivity index (χ2v) is 5.73. The first-order valence-electron chi connectivity index (χ1n) is 5.90. The standard InChI is InChI=1S/C12H16BrN3/c13-10-3-12(6-14-5-10)16-7-9-1-2-11(8-16)15-4-9/h3,5-6,9,11,15H,1-2,4,7-8H2. The Morgan fingerprint density at radius 3 is 3.00 bits per heavy atom. The van der Waals surface area contributed by atoms with Gasteiger partial charge in [-0.3, -0.25) is 4.98 Å². The zero-order valence-corrected chi connectivity index (χ0v) is 10.8. The van der Waals surface area contributed by atoms with Crippen LogP contribution >= 0.6 is 15.9 Å². The van der Waals surface area contributed by atoms with Crippen LogP contribution in [0.15, 0.2) is 22.9 Å². The Hall–Kier alpha value is -0.610. The van der Waals surface area contributed by atoms with Gasteiger partial charge >= 0.3 is 0 Å². The molecule has 2 unspecified atom stereocenters. The van der Waals surface area contributed by atoms with Crippen LogP contribution in [0, 0.1) is 5.92 Å². The molecule has 1 aromatic heterocycles. The summed E-state index contributed by atoms with van der Waals surface area (Å²) in [5.41, 5.74) is 1.25. The van der Waals surface area contributed by atoms with Crippen molar-refractivity contribution in [3.63, 3.8) is 0 Å². The minimum absolute atomic E-state index is 0.665. The lowest BCUT2D eigenvalue weighted by Crippen LogP contribution is -2.39. The fourth-order valence-corrected chi connectivity index (χ4v) is 3.08. The van der Waals surface area contributed by atoms with Crippen molar-refractivity contribution >= 4 is 21.6 Å². The quantitative estimate of drug-likeness (QED) is 0.854. The van der Waals surface area contributed by atoms with E-state index < -0.39 is 0 Å². The molecule has 3 nitrogen and oxygen atoms in total. The van der Waals surface area contributed by atoms with Crippen molar-refractivity contribution in [2.45, 2.75) is 18.9 Å². The average Bonchev–Trinajstić information content (AvgIpc) is 2.62. The minimum atomic E-state index is 0.665. The molecule has 0 saturated carbocycles. The predicted octanol–water partition coefficient (Wildman–Crippen LogP) is 2.03. The maximum absolute atomic E-state index is 4.25. The molecule has 0 amide bonds. The van der Waals surface area contributed by atoms with E-state index >= 15 is 0 Å². The van der Waals surface area contributed by atoms with Crippen molar-refractivity contribution < 1.29 is 0 Å². The van der Waals surface area contributed by atoms with Gasteiger partial charge in [0.15, 0.2) is 0 Å². The molecule has 86 valence electrons. The van der Waals surface area contributed by atoms with E-state index in [2.05, 4.69) is 37.2 Å². The third-order valence-electron chi connectivity index (χ3n) is 3.59. The van der Waals surface area contributed by atoms with E-state index in [1.165, 1.54) is 31.6 Å². The molecule has 3 aliphatic heterocycles. The second kappa shape index (κ2) is 4.34. The molecule has 0 radical (unpaired) electrons. The third-order valence-corrected chi connectivity index (χ3v) is 4.03. The second-order valence-electron chi connectivity index (χ2n) is 4.81. The van der Waals surface area contributed by atoms with Gasteiger partial charge in [0, 0.05) is 29.8 Å². The normalized spacial score (nSPS) is 29.2. The number of anilines is 1. The topological polar surface area (TPSA) is 28.2 Å². The highest BCUT2D eigenvalue weighted by Crippen LogP contribution is 2.26. The Morgan fingerprint density at radius 2 is 2.25 bits per heavy atom. The first kappa shape index (κ1) is 10.5. The number of nitrogens with one attached hydrogen (secondary N) is 1. The van der Waals surface area contributed by atoms with E-state index in [1.54, 1.807) is 0 Å². The third kappa shape index (κ3) is 2.09. The molecule has 1 aromatic rings. The fraction of sp³-hybridized carbons (Fsp3) is 0.583. The lowest BCUT2D eigenvalue weighted by Gasteiger charge is -2.24. The van der Waals surface area contributed by atoms with Gasteiger partial charge in [-0.05, 0) is 47.3 Å². The van der Waals surface area contributed by atoms with Crippen LogP contribution in [-0.2, 0) is 0 Å². The van der Waals surface area contributed by atoms with Crippen molar-refractivity contribution in [1.82, 2.24) is 10.3 Å². The summed E-state index contributed by atoms with van der Waals surface area (Å²) in [4.78, 5) is 6.72. The van der Waals surface area contributed by atoms with Crippen molar-refractivity contribution in [3.8, 4) is 0 Å². The number of piperidine rings is 1. The Kier molecular flexibility index (Phi) is 2.86. The number of hydrogen-bond acceptors (Lipinski definition) is 3. The van der Waals surface area contributed by atoms with Crippen LogP contribution in [0.4, 0.5) is 5.69 Å². The SMILES string of the molecule is Brc1cncc(N2CC3CCC(C2)NC3)c1. The van der Waals surface area contributed by atoms with Crippen LogP contribution in [0.1, 0.15) is 12.8 Å². The minimum Gasteiger partial charge on any atom is -0.368 e. The summed E-state index contributed by atoms with van der Waals surface area (Å²) in [6, 6.07) is 2.83. The van der Waals surface area contributed by atoms with Gasteiger partial charge in [-0.15, -0.1) is 0 Å². The van der Waals surface area contributed by atoms with Crippen LogP contribution in [0.5, 0.6) is 0 Å². The monoisotopic (exact) mass is 281 g/mol. The molecule has 4 heteroatoms. The van der Waals surface area contributed by atoms with Gasteiger partial charge in [0.05, 0.1) is 11.9 Å². The zero-order valence-electron chi connectivity index (χ0n) is 9.19. The van der Waals surface area contributed by atoms with Crippen molar-refractivity contribution in [3.05, 3.63) is 22.9 Å². The number of nitrogens with zero attached hydrogens (tertiary/aromatic N) is 2. The number of aromatic nitrogens is 1. The molecule has 16 heavy (non-hydrogen) atoms. The number of hydrogen-bond donors (Lipinski definition) is 1. The Bertz CT molecular complexity index is 360. The molecule has 3 fully saturated rings. The summed E-state index contributed by atoms with van der Waals surface area (Å²) in [5, 5.41) is 3.62. The molecule has 4 heterocycles. The summed E-state index contributed by atoms with van der Waals surface area (Å²) in [6.45, 7) is 3.47. The first-order valence-corrected chi connectivity index (χ1v) is 6.69. The highest BCUT2D eigenvalue weighted by atomic mass is 79.9. The maximum atomic E-state index is 4.25. The van der Waals surface area contributed by atoms with Crippen LogP contribution in [0.2, 0.25) is 0 Å². The molecule has 0 spiro atoms. The van der Waals surface area contributed by atoms with E-state index in [-0.39, 0.29) is 0 Å². The molecule has 2 atom stereocenters. The molecule has 3 saturated heterocycles. The van der Waals surface area contributed by atoms with E-state index in [9.17, 15) is 0 Å². The Balaban J connectivity index is 1.84. The fourth-order valence-electron chi connectivity index (χ4n) is 2.72. The van der Waals surface area contributed by atoms with Crippen LogP contribution in [-0.4, -0.2) is 30.7 Å². The molecule has 0 aliphatic carbocycles. The molecule has 0 aromatic carbocycles. The van der Waals surface area contributed by atoms with E-state index in [4.69, 9.17) is 0 Å². The van der Waals surface area contributed by atoms with Crippen molar-refractivity contribution in [2.75, 3.05) is 24.5 Å². The summed E-state index contributed by atoms with van der Waals surface area (Å²) in [7, 11) is 0. The van der Waals surface area contributed by atoms with Crippen molar-refractivity contribution in [1.29, 1.82) is 0 Å². The largest absolute Gasteiger partial charge is 0.368 e. The summed E-state index contributed by atoms with van der Waals surface area (Å²) < 4.78 is 1.06. The van der Waals surface area contributed by atoms with Gasteiger partial charge in [-0.1, -0.05) is 0 Å². The molecular formula is C12H16BrN3. The molecule has 3 aliphatic rings. The summed E-state index contributed by atoms with van der Waals surface area (Å²) in [6.07, 6.45) is 6.50. The lowest BCUT2D eigenvalue weighted by atomic mass is 9.97. The van der Waals surface area contributed by atoms with Gasteiger partial charge in [0.1, 0.15) is 0 Å². The zero-order chi connectivity index (χ0) is 11.0. The smallest absolute Gasteiger partial charge is 0.0564 e. The molecule has 2 bridgehead atoms. The lowest BCUT2D eigenvalue weighted by molar-refractivity contribution is 0.360. The van der Waals surface area contributed by atoms with Gasteiger partial charge in [0.25, 0.3) is 0 Å². The van der Waals surface area contributed by atoms with Gasteiger partial charge in [0.2, 0.25) is 0 Å². The van der Waals surface area contributed by atoms with E-state index in [1.807, 2.05) is 12.4 Å². The highest BCUT2D eigenvalue weighted by molar-refractivity contribution is 9.10. The average molecular weight is 282 g/mol. The molecule has 1 N–H and O–H groups in total. The van der Waals surface area contributed by atoms with Crippen molar-refractivity contribution in [2.24, 2.45) is 5.92 Å². The number of fused-ring (bicyclic) bond motifs is 4. The molecule has 4 rings (SSSR count). The van der Waals surface area contributed by atoms with Crippen LogP contribution in [0.3, 0.4) is 0 Å². The van der Waals surface area contributed by atoms with Gasteiger partial charge in [-0.2, -0.15) is 0 Å².